The summed E-state index contributed by atoms with van der Waals surface area (Å²) in [7, 11) is 0. The first-order valence-electron chi connectivity index (χ1n) is 8.51. The second-order valence-corrected chi connectivity index (χ2v) is 6.33. The second-order valence-electron chi connectivity index (χ2n) is 6.33. The van der Waals surface area contributed by atoms with Gasteiger partial charge < -0.3 is 20.7 Å². The predicted octanol–water partition coefficient (Wildman–Crippen LogP) is 1.07. The van der Waals surface area contributed by atoms with Gasteiger partial charge in [-0.25, -0.2) is 0 Å². The van der Waals surface area contributed by atoms with Crippen LogP contribution in [0.1, 0.15) is 21.7 Å². The van der Waals surface area contributed by atoms with Crippen LogP contribution in [0.3, 0.4) is 0 Å². The first kappa shape index (κ1) is 17.9. The zero-order valence-corrected chi connectivity index (χ0v) is 15.0. The number of carbonyl (C=O) groups excluding carboxylic acids is 2. The van der Waals surface area contributed by atoms with E-state index in [-0.39, 0.29) is 12.5 Å². The van der Waals surface area contributed by atoms with Crippen LogP contribution < -0.4 is 16.0 Å². The van der Waals surface area contributed by atoms with Gasteiger partial charge in [0.1, 0.15) is 6.54 Å². The standard InChI is InChI=1S/C18H23N5O3/c1-12-9-13(2)23(21-12)11-17(24)20-14-3-4-16(15(10-14)18(19)25)22-5-7-26-8-6-22/h3-4,9-10H,5-8,11H2,1-2H3,(H2,19,25)(H,20,24). The number of ether oxygens (including phenoxy) is 1. The monoisotopic (exact) mass is 357 g/mol. The van der Waals surface area contributed by atoms with Crippen LogP contribution in [0.2, 0.25) is 0 Å². The summed E-state index contributed by atoms with van der Waals surface area (Å²) in [5.41, 5.74) is 9.00. The van der Waals surface area contributed by atoms with E-state index in [1.807, 2.05) is 26.0 Å². The minimum atomic E-state index is -0.527. The van der Waals surface area contributed by atoms with Crippen molar-refractivity contribution in [3.63, 3.8) is 0 Å². The summed E-state index contributed by atoms with van der Waals surface area (Å²) in [5, 5.41) is 7.08. The molecule has 8 heteroatoms. The molecule has 3 rings (SSSR count). The fraction of sp³-hybridized carbons (Fsp3) is 0.389. The Labute approximate surface area is 151 Å². The van der Waals surface area contributed by atoms with Crippen LogP contribution in [0.4, 0.5) is 11.4 Å². The van der Waals surface area contributed by atoms with Crippen LogP contribution in [-0.4, -0.2) is 47.9 Å². The Hall–Kier alpha value is -2.87. The Bertz CT molecular complexity index is 824. The zero-order chi connectivity index (χ0) is 18.7. The van der Waals surface area contributed by atoms with Crippen molar-refractivity contribution in [1.82, 2.24) is 9.78 Å². The lowest BCUT2D eigenvalue weighted by atomic mass is 10.1. The molecule has 0 radical (unpaired) electrons. The third kappa shape index (κ3) is 4.02. The van der Waals surface area contributed by atoms with Gasteiger partial charge in [-0.1, -0.05) is 0 Å². The van der Waals surface area contributed by atoms with Gasteiger partial charge >= 0.3 is 0 Å². The van der Waals surface area contributed by atoms with Gasteiger partial charge in [-0.15, -0.1) is 0 Å². The molecular weight excluding hydrogens is 334 g/mol. The van der Waals surface area contributed by atoms with E-state index in [2.05, 4.69) is 15.3 Å². The molecule has 2 amide bonds. The van der Waals surface area contributed by atoms with Gasteiger partial charge in [-0.3, -0.25) is 14.3 Å². The third-order valence-corrected chi connectivity index (χ3v) is 4.29. The van der Waals surface area contributed by atoms with Crippen LogP contribution in [0.25, 0.3) is 0 Å². The number of nitrogens with two attached hydrogens (primary N) is 1. The number of carbonyl (C=O) groups is 2. The number of benzene rings is 1. The van der Waals surface area contributed by atoms with Crippen molar-refractivity contribution in [2.75, 3.05) is 36.5 Å². The van der Waals surface area contributed by atoms with Crippen LogP contribution >= 0.6 is 0 Å². The molecule has 3 N–H and O–H groups in total. The number of primary amides is 1. The number of amides is 2. The van der Waals surface area contributed by atoms with E-state index >= 15 is 0 Å². The minimum Gasteiger partial charge on any atom is -0.378 e. The quantitative estimate of drug-likeness (QED) is 0.833. The average Bonchev–Trinajstić information content (AvgIpc) is 2.92. The highest BCUT2D eigenvalue weighted by Gasteiger charge is 2.18. The largest absolute Gasteiger partial charge is 0.378 e. The summed E-state index contributed by atoms with van der Waals surface area (Å²) >= 11 is 0. The number of aromatic nitrogens is 2. The second kappa shape index (κ2) is 7.57. The van der Waals surface area contributed by atoms with E-state index in [0.29, 0.717) is 37.6 Å². The van der Waals surface area contributed by atoms with Crippen molar-refractivity contribution < 1.29 is 14.3 Å². The van der Waals surface area contributed by atoms with Gasteiger partial charge in [0, 0.05) is 30.2 Å². The molecule has 1 aliphatic rings. The number of morpholine rings is 1. The zero-order valence-electron chi connectivity index (χ0n) is 15.0. The molecule has 0 atom stereocenters. The molecule has 0 bridgehead atoms. The van der Waals surface area contributed by atoms with Crippen molar-refractivity contribution in [1.29, 1.82) is 0 Å². The van der Waals surface area contributed by atoms with Crippen LogP contribution in [0.15, 0.2) is 24.3 Å². The van der Waals surface area contributed by atoms with Crippen molar-refractivity contribution in [3.05, 3.63) is 41.2 Å². The van der Waals surface area contributed by atoms with E-state index in [1.54, 1.807) is 16.8 Å². The van der Waals surface area contributed by atoms with Gasteiger partial charge in [0.05, 0.1) is 24.5 Å². The average molecular weight is 357 g/mol. The maximum absolute atomic E-state index is 12.3. The molecule has 138 valence electrons. The van der Waals surface area contributed by atoms with Gasteiger partial charge in [-0.05, 0) is 38.1 Å². The lowest BCUT2D eigenvalue weighted by molar-refractivity contribution is -0.116. The molecule has 1 aliphatic heterocycles. The molecular formula is C18H23N5O3. The molecule has 0 saturated carbocycles. The number of hydrogen-bond donors (Lipinski definition) is 2. The SMILES string of the molecule is Cc1cc(C)n(CC(=O)Nc2ccc(N3CCOCC3)c(C(N)=O)c2)n1. The normalized spacial score (nSPS) is 14.3. The molecule has 1 aromatic heterocycles. The Morgan fingerprint density at radius 2 is 1.96 bits per heavy atom. The van der Waals surface area contributed by atoms with Crippen LogP contribution in [0.5, 0.6) is 0 Å². The number of anilines is 2. The number of rotatable bonds is 5. The van der Waals surface area contributed by atoms with Crippen molar-refractivity contribution in [3.8, 4) is 0 Å². The summed E-state index contributed by atoms with van der Waals surface area (Å²) in [4.78, 5) is 26.2. The first-order chi connectivity index (χ1) is 12.4. The lowest BCUT2D eigenvalue weighted by Crippen LogP contribution is -2.37. The lowest BCUT2D eigenvalue weighted by Gasteiger charge is -2.30. The molecule has 1 fully saturated rings. The highest BCUT2D eigenvalue weighted by Crippen LogP contribution is 2.25. The number of nitrogens with one attached hydrogen (secondary N) is 1. The molecule has 26 heavy (non-hydrogen) atoms. The molecule has 1 saturated heterocycles. The summed E-state index contributed by atoms with van der Waals surface area (Å²) in [6.45, 7) is 6.50. The summed E-state index contributed by atoms with van der Waals surface area (Å²) in [6, 6.07) is 7.11. The van der Waals surface area contributed by atoms with Gasteiger partial charge in [-0.2, -0.15) is 5.10 Å². The molecule has 0 unspecified atom stereocenters. The highest BCUT2D eigenvalue weighted by atomic mass is 16.5. The number of aryl methyl sites for hydroxylation is 2. The fourth-order valence-corrected chi connectivity index (χ4v) is 3.06. The summed E-state index contributed by atoms with van der Waals surface area (Å²) in [6.07, 6.45) is 0. The predicted molar refractivity (Wildman–Crippen MR) is 98.3 cm³/mol. The molecule has 2 heterocycles. The van der Waals surface area contributed by atoms with E-state index < -0.39 is 5.91 Å². The van der Waals surface area contributed by atoms with E-state index in [9.17, 15) is 9.59 Å². The smallest absolute Gasteiger partial charge is 0.250 e. The van der Waals surface area contributed by atoms with Crippen molar-refractivity contribution >= 4 is 23.2 Å². The van der Waals surface area contributed by atoms with E-state index in [1.165, 1.54) is 0 Å². The molecule has 8 nitrogen and oxygen atoms in total. The minimum absolute atomic E-state index is 0.108. The van der Waals surface area contributed by atoms with Crippen molar-refractivity contribution in [2.24, 2.45) is 5.73 Å². The molecule has 2 aromatic rings. The Kier molecular flexibility index (Phi) is 5.22. The molecule has 0 aliphatic carbocycles. The van der Waals surface area contributed by atoms with E-state index in [0.717, 1.165) is 17.1 Å². The van der Waals surface area contributed by atoms with Crippen molar-refractivity contribution in [2.45, 2.75) is 20.4 Å². The van der Waals surface area contributed by atoms with E-state index in [4.69, 9.17) is 10.5 Å². The molecule has 1 aromatic carbocycles. The molecule has 0 spiro atoms. The Balaban J connectivity index is 1.75. The number of nitrogens with zero attached hydrogens (tertiary/aromatic N) is 3. The fourth-order valence-electron chi connectivity index (χ4n) is 3.06. The number of hydrogen-bond acceptors (Lipinski definition) is 5. The highest BCUT2D eigenvalue weighted by molar-refractivity contribution is 6.01. The third-order valence-electron chi connectivity index (χ3n) is 4.29. The Morgan fingerprint density at radius 1 is 1.23 bits per heavy atom. The summed E-state index contributed by atoms with van der Waals surface area (Å²) in [5.74, 6) is -0.744. The first-order valence-corrected chi connectivity index (χ1v) is 8.51. The van der Waals surface area contributed by atoms with Gasteiger partial charge in [0.2, 0.25) is 5.91 Å². The van der Waals surface area contributed by atoms with Gasteiger partial charge in [0.25, 0.3) is 5.91 Å². The maximum atomic E-state index is 12.3. The Morgan fingerprint density at radius 3 is 2.58 bits per heavy atom. The maximum Gasteiger partial charge on any atom is 0.250 e. The van der Waals surface area contributed by atoms with Crippen LogP contribution in [0, 0.1) is 13.8 Å². The summed E-state index contributed by atoms with van der Waals surface area (Å²) < 4.78 is 6.98. The van der Waals surface area contributed by atoms with Crippen LogP contribution in [-0.2, 0) is 16.1 Å². The topological polar surface area (TPSA) is 102 Å². The van der Waals surface area contributed by atoms with Gasteiger partial charge in [0.15, 0.2) is 0 Å².